The van der Waals surface area contributed by atoms with Gasteiger partial charge in [-0.25, -0.2) is 4.98 Å². The van der Waals surface area contributed by atoms with E-state index < -0.39 is 0 Å². The number of rotatable bonds is 9. The molecule has 0 radical (unpaired) electrons. The summed E-state index contributed by atoms with van der Waals surface area (Å²) in [4.78, 5) is 33.4. The number of hydrogen-bond acceptors (Lipinski definition) is 7. The van der Waals surface area contributed by atoms with Crippen LogP contribution in [0.3, 0.4) is 0 Å². The van der Waals surface area contributed by atoms with E-state index in [4.69, 9.17) is 9.47 Å². The van der Waals surface area contributed by atoms with Crippen LogP contribution in [0.2, 0.25) is 0 Å². The molecule has 4 rings (SSSR count). The first-order valence-corrected chi connectivity index (χ1v) is 12.0. The highest BCUT2D eigenvalue weighted by atomic mass is 32.2. The van der Waals surface area contributed by atoms with Crippen molar-refractivity contribution in [1.29, 1.82) is 0 Å². The van der Waals surface area contributed by atoms with E-state index in [-0.39, 0.29) is 30.3 Å². The van der Waals surface area contributed by atoms with Gasteiger partial charge in [0.25, 0.3) is 5.56 Å². The van der Waals surface area contributed by atoms with Gasteiger partial charge in [0.2, 0.25) is 0 Å². The van der Waals surface area contributed by atoms with E-state index in [0.717, 1.165) is 23.4 Å². The van der Waals surface area contributed by atoms with Crippen LogP contribution in [-0.4, -0.2) is 56.6 Å². The van der Waals surface area contributed by atoms with E-state index in [1.165, 1.54) is 13.3 Å². The van der Waals surface area contributed by atoms with Crippen LogP contribution in [0.1, 0.15) is 18.1 Å². The molecule has 1 saturated heterocycles. The van der Waals surface area contributed by atoms with Gasteiger partial charge in [-0.05, 0) is 11.8 Å². The Labute approximate surface area is 190 Å². The quantitative estimate of drug-likeness (QED) is 0.495. The van der Waals surface area contributed by atoms with Crippen LogP contribution >= 0.6 is 11.8 Å². The molecule has 0 saturated carbocycles. The fraction of sp³-hybridized carbons (Fsp3) is 0.435. The van der Waals surface area contributed by atoms with Gasteiger partial charge in [-0.3, -0.25) is 14.5 Å². The molecule has 0 spiro atoms. The van der Waals surface area contributed by atoms with Crippen LogP contribution in [0, 0.1) is 5.92 Å². The summed E-state index contributed by atoms with van der Waals surface area (Å²) in [6, 6.07) is 9.92. The normalized spacial score (nSPS) is 18.9. The first-order valence-electron chi connectivity index (χ1n) is 10.6. The Morgan fingerprint density at radius 1 is 1.28 bits per heavy atom. The molecule has 1 aliphatic rings. The molecule has 1 aromatic carbocycles. The van der Waals surface area contributed by atoms with E-state index in [1.54, 1.807) is 11.8 Å². The third-order valence-electron chi connectivity index (χ3n) is 5.62. The molecule has 3 aromatic rings. The number of fused-ring (bicyclic) bond motifs is 1. The van der Waals surface area contributed by atoms with Gasteiger partial charge < -0.3 is 19.0 Å². The maximum atomic E-state index is 12.5. The minimum absolute atomic E-state index is 0.112. The van der Waals surface area contributed by atoms with Crippen LogP contribution in [0.25, 0.3) is 11.0 Å². The molecule has 1 aliphatic heterocycles. The molecule has 2 aromatic heterocycles. The number of aromatic nitrogens is 3. The standard InChI is InChI=1S/C23H28N4O4S/c1-16(28)31-20-11-26(9-19(20)13-32-2)8-18-10-27(22-21(18)24-14-25-23(22)29)15-30-12-17-6-4-3-5-7-17/h3-7,10,14,19-20H,8-9,11-13,15H2,1-2H3,(H,24,25,29)/t19-,20+/m1/s1. The summed E-state index contributed by atoms with van der Waals surface area (Å²) >= 11 is 1.76. The van der Waals surface area contributed by atoms with Crippen LogP contribution in [0.4, 0.5) is 0 Å². The Morgan fingerprint density at radius 2 is 2.09 bits per heavy atom. The molecule has 2 atom stereocenters. The van der Waals surface area contributed by atoms with Gasteiger partial charge in [0.15, 0.2) is 0 Å². The van der Waals surface area contributed by atoms with Crippen molar-refractivity contribution in [2.45, 2.75) is 32.9 Å². The average molecular weight is 457 g/mol. The van der Waals surface area contributed by atoms with Crippen molar-refractivity contribution in [2.75, 3.05) is 25.1 Å². The summed E-state index contributed by atoms with van der Waals surface area (Å²) in [6.45, 7) is 4.30. The highest BCUT2D eigenvalue weighted by molar-refractivity contribution is 7.98. The number of carbonyl (C=O) groups is 1. The Bertz CT molecular complexity index is 1110. The van der Waals surface area contributed by atoms with E-state index in [9.17, 15) is 9.59 Å². The fourth-order valence-electron chi connectivity index (χ4n) is 4.28. The van der Waals surface area contributed by atoms with E-state index >= 15 is 0 Å². The summed E-state index contributed by atoms with van der Waals surface area (Å²) in [5, 5.41) is 0. The van der Waals surface area contributed by atoms with E-state index in [0.29, 0.717) is 30.7 Å². The van der Waals surface area contributed by atoms with Crippen molar-refractivity contribution in [3.05, 3.63) is 64.3 Å². The smallest absolute Gasteiger partial charge is 0.302 e. The number of esters is 1. The SMILES string of the molecule is CSC[C@H]1CN(Cc2cn(COCc3ccccc3)c3c(=O)[nH]cnc23)C[C@@H]1OC(C)=O. The molecule has 1 fully saturated rings. The van der Waals surface area contributed by atoms with Gasteiger partial charge >= 0.3 is 5.97 Å². The number of nitrogens with one attached hydrogen (secondary N) is 1. The predicted octanol–water partition coefficient (Wildman–Crippen LogP) is 2.63. The largest absolute Gasteiger partial charge is 0.461 e. The monoisotopic (exact) mass is 456 g/mol. The van der Waals surface area contributed by atoms with Gasteiger partial charge in [-0.2, -0.15) is 11.8 Å². The lowest BCUT2D eigenvalue weighted by molar-refractivity contribution is -0.147. The molecule has 3 heterocycles. The maximum Gasteiger partial charge on any atom is 0.302 e. The van der Waals surface area contributed by atoms with Crippen LogP contribution < -0.4 is 5.56 Å². The number of aromatic amines is 1. The number of benzene rings is 1. The summed E-state index contributed by atoms with van der Waals surface area (Å²) in [5.74, 6) is 0.970. The lowest BCUT2D eigenvalue weighted by Crippen LogP contribution is -2.26. The Balaban J connectivity index is 1.51. The summed E-state index contributed by atoms with van der Waals surface area (Å²) in [6.07, 6.45) is 5.33. The van der Waals surface area contributed by atoms with E-state index in [2.05, 4.69) is 21.1 Å². The minimum atomic E-state index is -0.247. The van der Waals surface area contributed by atoms with Crippen molar-refractivity contribution >= 4 is 28.8 Å². The molecule has 32 heavy (non-hydrogen) atoms. The average Bonchev–Trinajstić information content (AvgIpc) is 3.30. The third kappa shape index (κ3) is 5.23. The van der Waals surface area contributed by atoms with Gasteiger partial charge in [-0.15, -0.1) is 0 Å². The molecule has 0 aliphatic carbocycles. The summed E-state index contributed by atoms with van der Waals surface area (Å²) in [7, 11) is 0. The Kier molecular flexibility index (Phi) is 7.29. The zero-order valence-corrected chi connectivity index (χ0v) is 19.1. The number of likely N-dealkylation sites (tertiary alicyclic amines) is 1. The summed E-state index contributed by atoms with van der Waals surface area (Å²) < 4.78 is 13.2. The maximum absolute atomic E-state index is 12.5. The van der Waals surface area contributed by atoms with E-state index in [1.807, 2.05) is 41.1 Å². The number of thioether (sulfide) groups is 1. The van der Waals surface area contributed by atoms with Crippen LogP contribution in [0.15, 0.2) is 47.7 Å². The van der Waals surface area contributed by atoms with Gasteiger partial charge in [0.1, 0.15) is 23.9 Å². The first-order chi connectivity index (χ1) is 15.5. The Morgan fingerprint density at radius 3 is 2.84 bits per heavy atom. The molecular formula is C23H28N4O4S. The molecule has 9 heteroatoms. The third-order valence-corrected chi connectivity index (χ3v) is 6.38. The number of nitrogens with zero attached hydrogens (tertiary/aromatic N) is 3. The lowest BCUT2D eigenvalue weighted by atomic mass is 10.1. The van der Waals surface area contributed by atoms with Crippen LogP contribution in [0.5, 0.6) is 0 Å². The summed E-state index contributed by atoms with van der Waals surface area (Å²) in [5.41, 5.74) is 3.02. The fourth-order valence-corrected chi connectivity index (χ4v) is 5.03. The lowest BCUT2D eigenvalue weighted by Gasteiger charge is -2.16. The second-order valence-electron chi connectivity index (χ2n) is 8.07. The minimum Gasteiger partial charge on any atom is -0.461 e. The second kappa shape index (κ2) is 10.3. The first kappa shape index (κ1) is 22.6. The second-order valence-corrected chi connectivity index (χ2v) is 8.98. The van der Waals surface area contributed by atoms with Crippen LogP contribution in [-0.2, 0) is 34.2 Å². The van der Waals surface area contributed by atoms with Crippen molar-refractivity contribution in [3.8, 4) is 0 Å². The molecule has 0 amide bonds. The zero-order valence-electron chi connectivity index (χ0n) is 18.3. The highest BCUT2D eigenvalue weighted by Gasteiger charge is 2.35. The Hall–Kier alpha value is -2.62. The molecule has 8 nitrogen and oxygen atoms in total. The van der Waals surface area contributed by atoms with Gasteiger partial charge in [0.05, 0.1) is 12.9 Å². The number of ether oxygens (including phenoxy) is 2. The number of hydrogen-bond donors (Lipinski definition) is 1. The van der Waals surface area contributed by atoms with Gasteiger partial charge in [0, 0.05) is 50.0 Å². The van der Waals surface area contributed by atoms with Crippen molar-refractivity contribution in [1.82, 2.24) is 19.4 Å². The van der Waals surface area contributed by atoms with Crippen molar-refractivity contribution in [2.24, 2.45) is 5.92 Å². The molecule has 1 N–H and O–H groups in total. The topological polar surface area (TPSA) is 89.4 Å². The van der Waals surface area contributed by atoms with Crippen molar-refractivity contribution < 1.29 is 14.3 Å². The number of carbonyl (C=O) groups excluding carboxylic acids is 1. The predicted molar refractivity (Wildman–Crippen MR) is 124 cm³/mol. The molecule has 0 bridgehead atoms. The molecule has 170 valence electrons. The van der Waals surface area contributed by atoms with Crippen molar-refractivity contribution in [3.63, 3.8) is 0 Å². The number of H-pyrrole nitrogens is 1. The van der Waals surface area contributed by atoms with Gasteiger partial charge in [-0.1, -0.05) is 30.3 Å². The zero-order chi connectivity index (χ0) is 22.5. The molecular weight excluding hydrogens is 428 g/mol. The molecule has 0 unspecified atom stereocenters. The highest BCUT2D eigenvalue weighted by Crippen LogP contribution is 2.26.